The van der Waals surface area contributed by atoms with E-state index in [1.165, 1.54) is 0 Å². The van der Waals surface area contributed by atoms with Crippen LogP contribution in [-0.4, -0.2) is 54.9 Å². The van der Waals surface area contributed by atoms with Gasteiger partial charge >= 0.3 is 0 Å². The van der Waals surface area contributed by atoms with E-state index in [9.17, 15) is 10.4 Å². The smallest absolute Gasteiger partial charge is 0.205 e. The number of guanidine groups is 1. The summed E-state index contributed by atoms with van der Waals surface area (Å²) < 4.78 is 5.88. The van der Waals surface area contributed by atoms with Crippen LogP contribution in [0.4, 0.5) is 0 Å². The van der Waals surface area contributed by atoms with Crippen LogP contribution in [0.25, 0.3) is 0 Å². The maximum absolute atomic E-state index is 10.8. The molecule has 0 bridgehead atoms. The molecular formula is C18H24N6O2. The molecule has 138 valence electrons. The number of nitrogens with zero attached hydrogens (tertiary/aromatic N) is 4. The number of likely N-dealkylation sites (N-methyl/N-ethyl adjacent to an activating group) is 1. The standard InChI is InChI=1S/C18H24N6O2/c1-18(2)16(25)15(13-9-12(10-19)5-6-14(13)26-18)23-17(22-11-20)21-7-8-24(3)4/h5-6,9,15-16,25H,7-8H2,1-4H3,(H2,21,22,23)/t15-,16+/m1/s1. The zero-order valence-electron chi connectivity index (χ0n) is 15.4. The highest BCUT2D eigenvalue weighted by atomic mass is 16.5. The molecule has 2 atom stereocenters. The summed E-state index contributed by atoms with van der Waals surface area (Å²) >= 11 is 0. The van der Waals surface area contributed by atoms with E-state index in [0.717, 1.165) is 6.54 Å². The molecule has 1 aromatic carbocycles. The van der Waals surface area contributed by atoms with E-state index in [2.05, 4.69) is 21.7 Å². The van der Waals surface area contributed by atoms with Gasteiger partial charge in [-0.25, -0.2) is 0 Å². The molecular weight excluding hydrogens is 332 g/mol. The molecule has 0 radical (unpaired) electrons. The Morgan fingerprint density at radius 3 is 2.73 bits per heavy atom. The van der Waals surface area contributed by atoms with Crippen LogP contribution in [0.15, 0.2) is 23.2 Å². The van der Waals surface area contributed by atoms with Crippen LogP contribution in [0.2, 0.25) is 0 Å². The molecule has 3 N–H and O–H groups in total. The fraction of sp³-hybridized carbons (Fsp3) is 0.500. The van der Waals surface area contributed by atoms with E-state index < -0.39 is 17.7 Å². The normalized spacial score (nSPS) is 21.2. The number of hydrogen-bond donors (Lipinski definition) is 3. The van der Waals surface area contributed by atoms with Gasteiger partial charge in [-0.05, 0) is 46.1 Å². The summed E-state index contributed by atoms with van der Waals surface area (Å²) in [5.41, 5.74) is 0.265. The van der Waals surface area contributed by atoms with Crippen LogP contribution >= 0.6 is 0 Å². The predicted octanol–water partition coefficient (Wildman–Crippen LogP) is 0.709. The lowest BCUT2D eigenvalue weighted by Gasteiger charge is -2.42. The Morgan fingerprint density at radius 2 is 2.12 bits per heavy atom. The Hall–Kier alpha value is -2.81. The molecule has 0 aromatic heterocycles. The second-order valence-electron chi connectivity index (χ2n) is 6.91. The number of nitrogens with one attached hydrogen (secondary N) is 2. The largest absolute Gasteiger partial charge is 0.485 e. The van der Waals surface area contributed by atoms with E-state index in [0.29, 0.717) is 23.4 Å². The van der Waals surface area contributed by atoms with Gasteiger partial charge < -0.3 is 20.1 Å². The Bertz CT molecular complexity index is 760. The van der Waals surface area contributed by atoms with Crippen LogP contribution < -0.4 is 15.4 Å². The molecule has 1 aliphatic heterocycles. The molecule has 26 heavy (non-hydrogen) atoms. The molecule has 8 heteroatoms. The molecule has 0 fully saturated rings. The van der Waals surface area contributed by atoms with Crippen LogP contribution in [0.3, 0.4) is 0 Å². The highest BCUT2D eigenvalue weighted by molar-refractivity contribution is 5.82. The number of rotatable bonds is 4. The van der Waals surface area contributed by atoms with Gasteiger partial charge in [0.1, 0.15) is 17.5 Å². The maximum Gasteiger partial charge on any atom is 0.205 e. The first-order valence-electron chi connectivity index (χ1n) is 8.30. The molecule has 0 aliphatic carbocycles. The van der Waals surface area contributed by atoms with E-state index in [1.807, 2.05) is 25.2 Å². The SMILES string of the molecule is CN(C)CCN=C(NC#N)N[C@@H]1c2cc(C#N)ccc2OC(C)(C)[C@H]1O. The number of benzene rings is 1. The molecule has 0 unspecified atom stereocenters. The topological polar surface area (TPSA) is 117 Å². The van der Waals surface area contributed by atoms with Gasteiger partial charge in [0.2, 0.25) is 5.96 Å². The molecule has 1 aliphatic rings. The average molecular weight is 356 g/mol. The Labute approximate surface area is 153 Å². The van der Waals surface area contributed by atoms with Gasteiger partial charge in [0.15, 0.2) is 6.19 Å². The number of ether oxygens (including phenoxy) is 1. The van der Waals surface area contributed by atoms with Gasteiger partial charge in [0.05, 0.1) is 24.2 Å². The van der Waals surface area contributed by atoms with Crippen molar-refractivity contribution >= 4 is 5.96 Å². The molecule has 1 aromatic rings. The third kappa shape index (κ3) is 4.42. The molecule has 0 spiro atoms. The monoisotopic (exact) mass is 356 g/mol. The van der Waals surface area contributed by atoms with Crippen molar-refractivity contribution in [2.75, 3.05) is 27.2 Å². The first-order valence-corrected chi connectivity index (χ1v) is 8.30. The van der Waals surface area contributed by atoms with Crippen LogP contribution in [0.1, 0.15) is 31.0 Å². The lowest BCUT2D eigenvalue weighted by Crippen LogP contribution is -2.54. The van der Waals surface area contributed by atoms with Crippen LogP contribution in [-0.2, 0) is 0 Å². The molecule has 1 heterocycles. The van der Waals surface area contributed by atoms with Crippen molar-refractivity contribution < 1.29 is 9.84 Å². The Balaban J connectivity index is 2.36. The summed E-state index contributed by atoms with van der Waals surface area (Å²) in [7, 11) is 3.87. The zero-order valence-corrected chi connectivity index (χ0v) is 15.4. The fourth-order valence-corrected chi connectivity index (χ4v) is 2.71. The van der Waals surface area contributed by atoms with Gasteiger partial charge in [0.25, 0.3) is 0 Å². The summed E-state index contributed by atoms with van der Waals surface area (Å²) in [4.78, 5) is 6.34. The Morgan fingerprint density at radius 1 is 1.38 bits per heavy atom. The summed E-state index contributed by atoms with van der Waals surface area (Å²) in [6.45, 7) is 4.77. The third-order valence-corrected chi connectivity index (χ3v) is 4.16. The summed E-state index contributed by atoms with van der Waals surface area (Å²) in [5, 5.41) is 34.6. The van der Waals surface area contributed by atoms with Gasteiger partial charge in [-0.3, -0.25) is 10.3 Å². The second-order valence-corrected chi connectivity index (χ2v) is 6.91. The van der Waals surface area contributed by atoms with Crippen molar-refractivity contribution in [3.8, 4) is 18.0 Å². The van der Waals surface area contributed by atoms with Crippen molar-refractivity contribution in [3.05, 3.63) is 29.3 Å². The highest BCUT2D eigenvalue weighted by Gasteiger charge is 2.43. The maximum atomic E-state index is 10.8. The minimum absolute atomic E-state index is 0.268. The Kier molecular flexibility index (Phi) is 6.04. The number of hydrogen-bond acceptors (Lipinski definition) is 6. The first-order chi connectivity index (χ1) is 12.3. The molecule has 0 amide bonds. The molecule has 8 nitrogen and oxygen atoms in total. The van der Waals surface area contributed by atoms with Crippen molar-refractivity contribution in [2.24, 2.45) is 4.99 Å². The quantitative estimate of drug-likeness (QED) is 0.315. The van der Waals surface area contributed by atoms with Crippen molar-refractivity contribution in [3.63, 3.8) is 0 Å². The van der Waals surface area contributed by atoms with E-state index in [4.69, 9.17) is 10.00 Å². The molecule has 2 rings (SSSR count). The third-order valence-electron chi connectivity index (χ3n) is 4.16. The van der Waals surface area contributed by atoms with Crippen LogP contribution in [0.5, 0.6) is 5.75 Å². The predicted molar refractivity (Wildman–Crippen MR) is 97.4 cm³/mol. The minimum Gasteiger partial charge on any atom is -0.485 e. The van der Waals surface area contributed by atoms with Crippen molar-refractivity contribution in [1.29, 1.82) is 10.5 Å². The summed E-state index contributed by atoms with van der Waals surface area (Å²) in [6.07, 6.45) is 0.942. The van der Waals surface area contributed by atoms with E-state index >= 15 is 0 Å². The van der Waals surface area contributed by atoms with E-state index in [-0.39, 0.29) is 5.96 Å². The summed E-state index contributed by atoms with van der Waals surface area (Å²) in [6, 6.07) is 6.57. The molecule has 0 saturated carbocycles. The fourth-order valence-electron chi connectivity index (χ4n) is 2.71. The van der Waals surface area contributed by atoms with Crippen molar-refractivity contribution in [1.82, 2.24) is 15.5 Å². The zero-order chi connectivity index (χ0) is 19.3. The van der Waals surface area contributed by atoms with Gasteiger partial charge in [-0.15, -0.1) is 0 Å². The minimum atomic E-state index is -0.913. The highest BCUT2D eigenvalue weighted by Crippen LogP contribution is 2.40. The summed E-state index contributed by atoms with van der Waals surface area (Å²) in [5.74, 6) is 0.853. The second kappa shape index (κ2) is 8.05. The molecule has 0 saturated heterocycles. The van der Waals surface area contributed by atoms with Gasteiger partial charge in [-0.1, -0.05) is 0 Å². The lowest BCUT2D eigenvalue weighted by atomic mass is 9.86. The number of fused-ring (bicyclic) bond motifs is 1. The lowest BCUT2D eigenvalue weighted by molar-refractivity contribution is -0.0611. The number of nitriles is 2. The average Bonchev–Trinajstić information content (AvgIpc) is 2.58. The number of aliphatic imine (C=N–C) groups is 1. The van der Waals surface area contributed by atoms with Crippen molar-refractivity contribution in [2.45, 2.75) is 31.6 Å². The number of aliphatic hydroxyl groups is 1. The first kappa shape index (κ1) is 19.5. The van der Waals surface area contributed by atoms with Crippen LogP contribution in [0, 0.1) is 22.8 Å². The van der Waals surface area contributed by atoms with E-state index in [1.54, 1.807) is 32.0 Å². The number of aliphatic hydroxyl groups excluding tert-OH is 1. The van der Waals surface area contributed by atoms with Gasteiger partial charge in [-0.2, -0.15) is 10.5 Å². The van der Waals surface area contributed by atoms with Gasteiger partial charge in [0, 0.05) is 12.1 Å².